The first-order valence-corrected chi connectivity index (χ1v) is 13.2. The number of aromatic nitrogens is 2. The van der Waals surface area contributed by atoms with Crippen LogP contribution in [0.5, 0.6) is 0 Å². The van der Waals surface area contributed by atoms with Gasteiger partial charge in [-0.15, -0.1) is 0 Å². The molecular weight excluding hydrogens is 485 g/mol. The molecule has 0 aliphatic carbocycles. The molecule has 9 nitrogen and oxygen atoms in total. The number of hydrogen-bond acceptors (Lipinski definition) is 8. The van der Waals surface area contributed by atoms with Crippen LogP contribution in [0.4, 0.5) is 15.8 Å². The quantitative estimate of drug-likeness (QED) is 0.563. The third-order valence-electron chi connectivity index (χ3n) is 8.35. The number of hydrogen-bond donors (Lipinski definition) is 1. The molecule has 2 N–H and O–H groups in total. The van der Waals surface area contributed by atoms with Gasteiger partial charge in [0.05, 0.1) is 30.7 Å². The van der Waals surface area contributed by atoms with Crippen molar-refractivity contribution in [2.75, 3.05) is 55.6 Å². The van der Waals surface area contributed by atoms with Gasteiger partial charge in [0.2, 0.25) is 0 Å². The second-order valence-electron chi connectivity index (χ2n) is 11.7. The lowest BCUT2D eigenvalue weighted by Crippen LogP contribution is -2.65. The van der Waals surface area contributed by atoms with Gasteiger partial charge in [0.25, 0.3) is 0 Å². The molecule has 7 rings (SSSR count). The predicted octanol–water partition coefficient (Wildman–Crippen LogP) is 2.22. The van der Waals surface area contributed by atoms with Crippen LogP contribution in [0.3, 0.4) is 0 Å². The molecule has 198 valence electrons. The molecule has 10 heteroatoms. The summed E-state index contributed by atoms with van der Waals surface area (Å²) in [5, 5.41) is 13.5. The monoisotopic (exact) mass is 517 g/mol. The van der Waals surface area contributed by atoms with Crippen molar-refractivity contribution in [1.82, 2.24) is 14.5 Å². The van der Waals surface area contributed by atoms with Crippen LogP contribution >= 0.6 is 0 Å². The number of likely N-dealkylation sites (tertiary alicyclic amines) is 1. The van der Waals surface area contributed by atoms with Gasteiger partial charge in [-0.1, -0.05) is 6.07 Å². The highest BCUT2D eigenvalue weighted by atomic mass is 19.1. The van der Waals surface area contributed by atoms with Gasteiger partial charge in [0.15, 0.2) is 5.82 Å². The highest BCUT2D eigenvalue weighted by molar-refractivity contribution is 5.74. The molecule has 4 aliphatic rings. The molecule has 3 fully saturated rings. The molecule has 0 radical (unpaired) electrons. The fourth-order valence-corrected chi connectivity index (χ4v) is 6.73. The largest absolute Gasteiger partial charge is 0.370 e. The number of pyridine rings is 1. The van der Waals surface area contributed by atoms with E-state index in [9.17, 15) is 9.65 Å². The molecule has 0 bridgehead atoms. The van der Waals surface area contributed by atoms with E-state index in [2.05, 4.69) is 51.0 Å². The Kier molecular flexibility index (Phi) is 5.26. The van der Waals surface area contributed by atoms with E-state index in [1.54, 1.807) is 6.07 Å². The summed E-state index contributed by atoms with van der Waals surface area (Å²) in [5.41, 5.74) is 11.0. The normalized spacial score (nSPS) is 25.8. The summed E-state index contributed by atoms with van der Waals surface area (Å²) >= 11 is 0. The number of ether oxygens (including phenoxy) is 2. The Morgan fingerprint density at radius 1 is 1.16 bits per heavy atom. The second-order valence-corrected chi connectivity index (χ2v) is 11.7. The van der Waals surface area contributed by atoms with Crippen LogP contribution in [-0.4, -0.2) is 78.1 Å². The standard InChI is InChI=1S/C28H32FN7O2/c1-18-10-34(25-6-4-21(8-30)36-26(25)24(29)9-32-36)12-22(38-18)11-33-16-28(17-33)23-5-3-20(7-19(23)13-37-28)35-14-27(2,31)15-35/h3-7,9,18,22H,10-17,31H2,1-2H3. The summed E-state index contributed by atoms with van der Waals surface area (Å²) < 4.78 is 28.7. The zero-order chi connectivity index (χ0) is 26.2. The number of nitriles is 1. The Morgan fingerprint density at radius 3 is 2.74 bits per heavy atom. The van der Waals surface area contributed by atoms with E-state index in [0.29, 0.717) is 30.9 Å². The summed E-state index contributed by atoms with van der Waals surface area (Å²) in [6.07, 6.45) is 1.13. The first-order valence-electron chi connectivity index (χ1n) is 13.2. The van der Waals surface area contributed by atoms with Gasteiger partial charge in [-0.3, -0.25) is 4.90 Å². The van der Waals surface area contributed by atoms with Gasteiger partial charge in [-0.2, -0.15) is 10.4 Å². The highest BCUT2D eigenvalue weighted by Gasteiger charge is 2.50. The maximum atomic E-state index is 14.7. The molecule has 38 heavy (non-hydrogen) atoms. The van der Waals surface area contributed by atoms with Crippen LogP contribution in [0.2, 0.25) is 0 Å². The third-order valence-corrected chi connectivity index (χ3v) is 8.35. The fourth-order valence-electron chi connectivity index (χ4n) is 6.73. The number of benzene rings is 1. The molecule has 0 amide bonds. The Balaban J connectivity index is 1.03. The van der Waals surface area contributed by atoms with Gasteiger partial charge in [0, 0.05) is 57.0 Å². The van der Waals surface area contributed by atoms with Crippen molar-refractivity contribution >= 4 is 16.9 Å². The van der Waals surface area contributed by atoms with Crippen LogP contribution < -0.4 is 15.5 Å². The fraction of sp³-hybridized carbons (Fsp3) is 0.500. The molecule has 6 heterocycles. The lowest BCUT2D eigenvalue weighted by Gasteiger charge is -2.50. The lowest BCUT2D eigenvalue weighted by molar-refractivity contribution is -0.155. The molecule has 0 saturated carbocycles. The smallest absolute Gasteiger partial charge is 0.171 e. The molecule has 1 spiro atoms. The number of nitrogens with two attached hydrogens (primary N) is 1. The molecule has 2 unspecified atom stereocenters. The molecule has 2 atom stereocenters. The van der Waals surface area contributed by atoms with E-state index in [1.165, 1.54) is 27.5 Å². The Bertz CT molecular complexity index is 1450. The number of anilines is 2. The first kappa shape index (κ1) is 23.9. The Morgan fingerprint density at radius 2 is 1.97 bits per heavy atom. The molecular formula is C28H32FN7O2. The van der Waals surface area contributed by atoms with Crippen molar-refractivity contribution in [1.29, 1.82) is 5.26 Å². The first-order chi connectivity index (χ1) is 18.2. The third kappa shape index (κ3) is 3.76. The van der Waals surface area contributed by atoms with E-state index in [4.69, 9.17) is 15.2 Å². The van der Waals surface area contributed by atoms with Gasteiger partial charge < -0.3 is 25.0 Å². The zero-order valence-corrected chi connectivity index (χ0v) is 21.7. The molecule has 3 saturated heterocycles. The van der Waals surface area contributed by atoms with Crippen molar-refractivity contribution in [2.24, 2.45) is 5.73 Å². The van der Waals surface area contributed by atoms with Crippen molar-refractivity contribution in [3.05, 3.63) is 59.2 Å². The van der Waals surface area contributed by atoms with Crippen molar-refractivity contribution < 1.29 is 13.9 Å². The summed E-state index contributed by atoms with van der Waals surface area (Å²) in [7, 11) is 0. The number of rotatable bonds is 4. The van der Waals surface area contributed by atoms with Gasteiger partial charge in [-0.25, -0.2) is 8.91 Å². The lowest BCUT2D eigenvalue weighted by atomic mass is 9.84. The van der Waals surface area contributed by atoms with E-state index in [-0.39, 0.29) is 23.3 Å². The van der Waals surface area contributed by atoms with Crippen LogP contribution in [0.15, 0.2) is 36.5 Å². The van der Waals surface area contributed by atoms with E-state index < -0.39 is 5.82 Å². The maximum Gasteiger partial charge on any atom is 0.171 e. The molecule has 3 aromatic rings. The van der Waals surface area contributed by atoms with Crippen LogP contribution in [-0.2, 0) is 21.7 Å². The van der Waals surface area contributed by atoms with Crippen LogP contribution in [0.25, 0.3) is 5.52 Å². The number of halogens is 1. The SMILES string of the molecule is CC1CN(c2ccc(C#N)n3ncc(F)c23)CC(CN2CC3(C2)OCc2cc(N4CC(C)(N)C4)ccc23)O1. The highest BCUT2D eigenvalue weighted by Crippen LogP contribution is 2.45. The molecule has 2 aromatic heterocycles. The summed E-state index contributed by atoms with van der Waals surface area (Å²) in [5.74, 6) is -0.427. The summed E-state index contributed by atoms with van der Waals surface area (Å²) in [6, 6.07) is 12.3. The van der Waals surface area contributed by atoms with Gasteiger partial charge in [-0.05, 0) is 49.2 Å². The van der Waals surface area contributed by atoms with Crippen molar-refractivity contribution in [3.63, 3.8) is 0 Å². The molecule has 4 aliphatic heterocycles. The van der Waals surface area contributed by atoms with Crippen molar-refractivity contribution in [3.8, 4) is 6.07 Å². The number of morpholine rings is 1. The van der Waals surface area contributed by atoms with Crippen LogP contribution in [0, 0.1) is 17.1 Å². The Labute approximate surface area is 221 Å². The van der Waals surface area contributed by atoms with Crippen LogP contribution in [0.1, 0.15) is 30.7 Å². The topological polar surface area (TPSA) is 95.3 Å². The van der Waals surface area contributed by atoms with E-state index in [1.807, 2.05) is 13.0 Å². The summed E-state index contributed by atoms with van der Waals surface area (Å²) in [6.45, 7) is 10.2. The minimum Gasteiger partial charge on any atom is -0.370 e. The average Bonchev–Trinajstić information content (AvgIpc) is 3.42. The van der Waals surface area contributed by atoms with E-state index in [0.717, 1.165) is 38.4 Å². The minimum absolute atomic E-state index is 0.00979. The minimum atomic E-state index is -0.427. The number of fused-ring (bicyclic) bond motifs is 3. The Hall–Kier alpha value is -3.23. The molecule has 1 aromatic carbocycles. The van der Waals surface area contributed by atoms with Crippen molar-refractivity contribution in [2.45, 2.75) is 43.8 Å². The van der Waals surface area contributed by atoms with E-state index >= 15 is 0 Å². The second kappa shape index (κ2) is 8.38. The van der Waals surface area contributed by atoms with Gasteiger partial charge in [0.1, 0.15) is 22.9 Å². The summed E-state index contributed by atoms with van der Waals surface area (Å²) in [4.78, 5) is 6.86. The zero-order valence-electron chi connectivity index (χ0n) is 21.7. The maximum absolute atomic E-state index is 14.7. The average molecular weight is 518 g/mol. The van der Waals surface area contributed by atoms with Gasteiger partial charge >= 0.3 is 0 Å². The predicted molar refractivity (Wildman–Crippen MR) is 141 cm³/mol. The number of nitrogens with zero attached hydrogens (tertiary/aromatic N) is 6.